The Morgan fingerprint density at radius 3 is 2.50 bits per heavy atom. The lowest BCUT2D eigenvalue weighted by Gasteiger charge is -1.95. The van der Waals surface area contributed by atoms with E-state index in [1.54, 1.807) is 0 Å². The Balaban J connectivity index is 3.04. The van der Waals surface area contributed by atoms with Gasteiger partial charge in [-0.05, 0) is 6.92 Å². The number of hydrogen-bond donors (Lipinski definition) is 0. The number of rotatable bonds is 1. The topological polar surface area (TPSA) is 9.23 Å². The van der Waals surface area contributed by atoms with Gasteiger partial charge in [0.05, 0.1) is 0 Å². The van der Waals surface area contributed by atoms with Crippen molar-refractivity contribution in [3.8, 4) is 12.3 Å². The highest BCUT2D eigenvalue weighted by atomic mass is 28.2. The Kier molecular flexibility index (Phi) is 2.82. The van der Waals surface area contributed by atoms with Crippen LogP contribution in [0, 0.1) is 12.3 Å². The fourth-order valence-electron chi connectivity index (χ4n) is 0.0481. The minimum Gasteiger partial charge on any atom is -0.412 e. The van der Waals surface area contributed by atoms with Gasteiger partial charge in [-0.3, -0.25) is 0 Å². The summed E-state index contributed by atoms with van der Waals surface area (Å²) in [5, 5.41) is 0. The summed E-state index contributed by atoms with van der Waals surface area (Å²) >= 11 is 0. The summed E-state index contributed by atoms with van der Waals surface area (Å²) in [6, 6.07) is 0. The van der Waals surface area contributed by atoms with Gasteiger partial charge in [0.25, 0.3) is 0 Å². The SMILES string of the molecule is C#CC(C)O[SiH2]. The van der Waals surface area contributed by atoms with Crippen molar-refractivity contribution in [2.75, 3.05) is 0 Å². The van der Waals surface area contributed by atoms with E-state index >= 15 is 0 Å². The number of hydrogen-bond acceptors (Lipinski definition) is 1. The molecule has 0 saturated heterocycles. The summed E-state index contributed by atoms with van der Waals surface area (Å²) in [7, 11) is 1.42. The molecule has 0 aliphatic rings. The Labute approximate surface area is 41.2 Å². The maximum Gasteiger partial charge on any atom is 0.176 e. The Hall–Kier alpha value is -0.263. The third-order valence-corrected chi connectivity index (χ3v) is 0.985. The molecular formula is C4H7OSi. The first-order valence-corrected chi connectivity index (χ1v) is 2.26. The molecule has 1 unspecified atom stereocenters. The van der Waals surface area contributed by atoms with Crippen LogP contribution in [0.3, 0.4) is 0 Å². The van der Waals surface area contributed by atoms with Gasteiger partial charge in [-0.2, -0.15) is 0 Å². The van der Waals surface area contributed by atoms with E-state index in [0.717, 1.165) is 0 Å². The summed E-state index contributed by atoms with van der Waals surface area (Å²) < 4.78 is 4.69. The van der Waals surface area contributed by atoms with Crippen LogP contribution in [-0.4, -0.2) is 16.6 Å². The van der Waals surface area contributed by atoms with Gasteiger partial charge in [-0.15, -0.1) is 6.42 Å². The van der Waals surface area contributed by atoms with Crippen LogP contribution in [0.25, 0.3) is 0 Å². The summed E-state index contributed by atoms with van der Waals surface area (Å²) in [6.45, 7) is 1.83. The molecule has 33 valence electrons. The molecule has 0 aliphatic heterocycles. The van der Waals surface area contributed by atoms with E-state index in [9.17, 15) is 0 Å². The minimum absolute atomic E-state index is 0.0247. The molecule has 0 saturated carbocycles. The predicted molar refractivity (Wildman–Crippen MR) is 27.9 cm³/mol. The average Bonchev–Trinajstić information content (AvgIpc) is 1.65. The van der Waals surface area contributed by atoms with Crippen LogP contribution >= 0.6 is 0 Å². The van der Waals surface area contributed by atoms with Gasteiger partial charge >= 0.3 is 0 Å². The maximum atomic E-state index is 4.91. The molecule has 0 bridgehead atoms. The molecule has 1 atom stereocenters. The van der Waals surface area contributed by atoms with Crippen molar-refractivity contribution in [2.45, 2.75) is 13.0 Å². The van der Waals surface area contributed by atoms with Gasteiger partial charge < -0.3 is 4.43 Å². The van der Waals surface area contributed by atoms with Gasteiger partial charge in [0, 0.05) is 0 Å². The lowest BCUT2D eigenvalue weighted by atomic mass is 10.4. The van der Waals surface area contributed by atoms with Crippen molar-refractivity contribution in [1.29, 1.82) is 0 Å². The van der Waals surface area contributed by atoms with E-state index in [2.05, 4.69) is 5.92 Å². The van der Waals surface area contributed by atoms with Gasteiger partial charge in [-0.25, -0.2) is 0 Å². The van der Waals surface area contributed by atoms with Crippen LogP contribution in [0.15, 0.2) is 0 Å². The molecule has 2 heteroatoms. The molecule has 0 N–H and O–H groups in total. The highest BCUT2D eigenvalue weighted by Gasteiger charge is 1.83. The second kappa shape index (κ2) is 2.95. The van der Waals surface area contributed by atoms with E-state index < -0.39 is 0 Å². The molecule has 0 aliphatic carbocycles. The fraction of sp³-hybridized carbons (Fsp3) is 0.500. The monoisotopic (exact) mass is 99.0 g/mol. The van der Waals surface area contributed by atoms with Crippen molar-refractivity contribution >= 4 is 10.5 Å². The standard InChI is InChI=1S/C4H7OSi/c1-3-4(2)5-6/h1,4H,6H2,2H3. The van der Waals surface area contributed by atoms with Crippen LogP contribution in [0.1, 0.15) is 6.92 Å². The van der Waals surface area contributed by atoms with Crippen molar-refractivity contribution < 1.29 is 4.43 Å². The first-order valence-electron chi connectivity index (χ1n) is 1.68. The van der Waals surface area contributed by atoms with E-state index in [1.807, 2.05) is 6.92 Å². The van der Waals surface area contributed by atoms with Gasteiger partial charge in [-0.1, -0.05) is 5.92 Å². The molecule has 0 rings (SSSR count). The molecule has 0 amide bonds. The lowest BCUT2D eigenvalue weighted by Crippen LogP contribution is -1.99. The van der Waals surface area contributed by atoms with Gasteiger partial charge in [0.2, 0.25) is 0 Å². The normalized spacial score (nSPS) is 12.8. The van der Waals surface area contributed by atoms with Crippen LogP contribution in [0.2, 0.25) is 0 Å². The van der Waals surface area contributed by atoms with E-state index in [0.29, 0.717) is 0 Å². The Morgan fingerprint density at radius 2 is 2.50 bits per heavy atom. The second-order valence-electron chi connectivity index (χ2n) is 0.976. The largest absolute Gasteiger partial charge is 0.412 e. The van der Waals surface area contributed by atoms with Crippen molar-refractivity contribution in [3.63, 3.8) is 0 Å². The minimum atomic E-state index is -0.0247. The maximum absolute atomic E-state index is 4.91. The van der Waals surface area contributed by atoms with E-state index in [4.69, 9.17) is 10.8 Å². The molecule has 6 heavy (non-hydrogen) atoms. The first-order chi connectivity index (χ1) is 2.81. The van der Waals surface area contributed by atoms with Gasteiger partial charge in [0.1, 0.15) is 6.10 Å². The third kappa shape index (κ3) is 2.00. The first kappa shape index (κ1) is 5.74. The fourth-order valence-corrected chi connectivity index (χ4v) is 0.144. The van der Waals surface area contributed by atoms with Gasteiger partial charge in [0.15, 0.2) is 10.5 Å². The third-order valence-electron chi connectivity index (χ3n) is 0.485. The van der Waals surface area contributed by atoms with Crippen molar-refractivity contribution in [1.82, 2.24) is 0 Å². The zero-order valence-electron chi connectivity index (χ0n) is 3.77. The molecule has 0 aromatic carbocycles. The number of terminal acetylenes is 1. The molecular weight excluding hydrogens is 92.1 g/mol. The van der Waals surface area contributed by atoms with E-state index in [1.165, 1.54) is 10.5 Å². The molecule has 0 fully saturated rings. The molecule has 1 radical (unpaired) electrons. The summed E-state index contributed by atoms with van der Waals surface area (Å²) in [5.74, 6) is 2.40. The Bertz CT molecular complexity index is 64.4. The highest BCUT2D eigenvalue weighted by Crippen LogP contribution is 1.77. The summed E-state index contributed by atoms with van der Waals surface area (Å²) in [5.41, 5.74) is 0. The van der Waals surface area contributed by atoms with Crippen LogP contribution in [0.4, 0.5) is 0 Å². The smallest absolute Gasteiger partial charge is 0.176 e. The zero-order chi connectivity index (χ0) is 4.99. The predicted octanol–water partition coefficient (Wildman–Crippen LogP) is -0.427. The lowest BCUT2D eigenvalue weighted by molar-refractivity contribution is 0.308. The zero-order valence-corrected chi connectivity index (χ0v) is 5.18. The van der Waals surface area contributed by atoms with Crippen LogP contribution in [-0.2, 0) is 4.43 Å². The summed E-state index contributed by atoms with van der Waals surface area (Å²) in [4.78, 5) is 0. The van der Waals surface area contributed by atoms with Crippen molar-refractivity contribution in [2.24, 2.45) is 0 Å². The molecule has 0 heterocycles. The summed E-state index contributed by atoms with van der Waals surface area (Å²) in [6.07, 6.45) is 4.89. The van der Waals surface area contributed by atoms with E-state index in [-0.39, 0.29) is 6.10 Å². The molecule has 1 nitrogen and oxygen atoms in total. The molecule has 0 aromatic rings. The van der Waals surface area contributed by atoms with Crippen LogP contribution in [0.5, 0.6) is 0 Å². The average molecular weight is 99.2 g/mol. The highest BCUT2D eigenvalue weighted by molar-refractivity contribution is 5.98. The second-order valence-corrected chi connectivity index (χ2v) is 1.31. The molecule has 0 spiro atoms. The Morgan fingerprint density at radius 1 is 2.00 bits per heavy atom. The van der Waals surface area contributed by atoms with Crippen LogP contribution < -0.4 is 0 Å². The quantitative estimate of drug-likeness (QED) is 0.320. The van der Waals surface area contributed by atoms with Crippen molar-refractivity contribution in [3.05, 3.63) is 0 Å². The molecule has 0 aromatic heterocycles.